The summed E-state index contributed by atoms with van der Waals surface area (Å²) in [6, 6.07) is 8.35. The lowest BCUT2D eigenvalue weighted by Crippen LogP contribution is -2.14. The molecule has 1 amide bonds. The van der Waals surface area contributed by atoms with Crippen molar-refractivity contribution in [3.8, 4) is 6.07 Å². The van der Waals surface area contributed by atoms with E-state index in [1.807, 2.05) is 25.1 Å². The number of nitriles is 1. The van der Waals surface area contributed by atoms with E-state index in [0.717, 1.165) is 47.4 Å². The first kappa shape index (κ1) is 18.1. The van der Waals surface area contributed by atoms with E-state index >= 15 is 0 Å². The third-order valence-electron chi connectivity index (χ3n) is 4.74. The highest BCUT2D eigenvalue weighted by Gasteiger charge is 2.21. The molecule has 0 saturated carbocycles. The second kappa shape index (κ2) is 7.75. The summed E-state index contributed by atoms with van der Waals surface area (Å²) < 4.78 is 0. The Morgan fingerprint density at radius 2 is 2.22 bits per heavy atom. The van der Waals surface area contributed by atoms with E-state index in [2.05, 4.69) is 21.4 Å². The van der Waals surface area contributed by atoms with Crippen molar-refractivity contribution >= 4 is 45.0 Å². The van der Waals surface area contributed by atoms with E-state index in [9.17, 15) is 10.1 Å². The van der Waals surface area contributed by atoms with Gasteiger partial charge in [0.1, 0.15) is 11.1 Å². The fourth-order valence-electron chi connectivity index (χ4n) is 3.41. The number of H-pyrrole nitrogens is 1. The summed E-state index contributed by atoms with van der Waals surface area (Å²) in [4.78, 5) is 21.4. The maximum absolute atomic E-state index is 12.4. The zero-order valence-corrected chi connectivity index (χ0v) is 16.7. The minimum Gasteiger partial charge on any atom is -0.333 e. The molecule has 0 unspecified atom stereocenters. The number of carbonyl (C=O) groups excluding carboxylic acids is 1. The number of aromatic nitrogens is 2. The molecule has 3 aromatic rings. The molecule has 0 aliphatic heterocycles. The number of benzene rings is 1. The van der Waals surface area contributed by atoms with Crippen molar-refractivity contribution in [3.63, 3.8) is 0 Å². The molecule has 0 radical (unpaired) electrons. The van der Waals surface area contributed by atoms with Crippen LogP contribution in [0.25, 0.3) is 11.0 Å². The molecule has 0 spiro atoms. The normalized spacial score (nSPS) is 13.8. The molecule has 0 atom stereocenters. The number of imidazole rings is 1. The lowest BCUT2D eigenvalue weighted by molar-refractivity contribution is -0.113. The second-order valence-corrected chi connectivity index (χ2v) is 8.85. The van der Waals surface area contributed by atoms with E-state index < -0.39 is 0 Å². The molecule has 1 aliphatic carbocycles. The van der Waals surface area contributed by atoms with Crippen molar-refractivity contribution in [2.75, 3.05) is 11.1 Å². The SMILES string of the molecule is Cc1ccc2nc(SCC(=O)Nc3sc4c(c3C#N)CCCCC4)[nH]c2c1. The van der Waals surface area contributed by atoms with Gasteiger partial charge in [0, 0.05) is 4.88 Å². The van der Waals surface area contributed by atoms with Crippen molar-refractivity contribution < 1.29 is 4.79 Å². The van der Waals surface area contributed by atoms with Gasteiger partial charge in [0.15, 0.2) is 5.16 Å². The van der Waals surface area contributed by atoms with Gasteiger partial charge in [-0.05, 0) is 55.9 Å². The Morgan fingerprint density at radius 1 is 1.37 bits per heavy atom. The molecule has 2 N–H and O–H groups in total. The molecular weight excluding hydrogens is 376 g/mol. The number of aryl methyl sites for hydroxylation is 2. The smallest absolute Gasteiger partial charge is 0.235 e. The van der Waals surface area contributed by atoms with E-state index in [4.69, 9.17) is 0 Å². The highest BCUT2D eigenvalue weighted by atomic mass is 32.2. The van der Waals surface area contributed by atoms with Gasteiger partial charge in [-0.2, -0.15) is 5.26 Å². The second-order valence-electron chi connectivity index (χ2n) is 6.78. The minimum atomic E-state index is -0.107. The van der Waals surface area contributed by atoms with Gasteiger partial charge in [-0.1, -0.05) is 24.2 Å². The number of rotatable bonds is 4. The summed E-state index contributed by atoms with van der Waals surface area (Å²) in [6.07, 6.45) is 5.44. The summed E-state index contributed by atoms with van der Waals surface area (Å²) in [5.74, 6) is 0.149. The molecule has 0 fully saturated rings. The number of anilines is 1. The maximum Gasteiger partial charge on any atom is 0.235 e. The fraction of sp³-hybridized carbons (Fsp3) is 0.350. The van der Waals surface area contributed by atoms with Crippen LogP contribution in [0.4, 0.5) is 5.00 Å². The molecule has 27 heavy (non-hydrogen) atoms. The van der Waals surface area contributed by atoms with E-state index in [1.54, 1.807) is 11.3 Å². The maximum atomic E-state index is 12.4. The fourth-order valence-corrected chi connectivity index (χ4v) is 5.35. The number of amides is 1. The van der Waals surface area contributed by atoms with Crippen LogP contribution in [0.1, 0.15) is 40.8 Å². The Bertz CT molecular complexity index is 1040. The number of thioether (sulfide) groups is 1. The van der Waals surface area contributed by atoms with Crippen molar-refractivity contribution in [1.82, 2.24) is 9.97 Å². The Labute approximate surface area is 166 Å². The number of nitrogens with zero attached hydrogens (tertiary/aromatic N) is 2. The third kappa shape index (κ3) is 3.87. The monoisotopic (exact) mass is 396 g/mol. The molecule has 1 aromatic carbocycles. The number of thiophene rings is 1. The average molecular weight is 397 g/mol. The predicted molar refractivity (Wildman–Crippen MR) is 110 cm³/mol. The molecular formula is C20H20N4OS2. The first-order valence-electron chi connectivity index (χ1n) is 9.07. The predicted octanol–water partition coefficient (Wildman–Crippen LogP) is 4.80. The van der Waals surface area contributed by atoms with Crippen LogP contribution in [-0.4, -0.2) is 21.6 Å². The van der Waals surface area contributed by atoms with E-state index in [0.29, 0.717) is 10.6 Å². The van der Waals surface area contributed by atoms with Gasteiger partial charge in [-0.15, -0.1) is 11.3 Å². The zero-order valence-electron chi connectivity index (χ0n) is 15.1. The van der Waals surface area contributed by atoms with Gasteiger partial charge in [0.05, 0.1) is 22.3 Å². The lowest BCUT2D eigenvalue weighted by atomic mass is 10.1. The summed E-state index contributed by atoms with van der Waals surface area (Å²) in [5.41, 5.74) is 4.86. The van der Waals surface area contributed by atoms with Gasteiger partial charge < -0.3 is 10.3 Å². The summed E-state index contributed by atoms with van der Waals surface area (Å²) in [6.45, 7) is 2.04. The Hall–Kier alpha value is -2.30. The molecule has 1 aliphatic rings. The molecule has 4 rings (SSSR count). The molecule has 0 bridgehead atoms. The van der Waals surface area contributed by atoms with E-state index in [-0.39, 0.29) is 11.7 Å². The van der Waals surface area contributed by atoms with Gasteiger partial charge in [0.25, 0.3) is 0 Å². The third-order valence-corrected chi connectivity index (χ3v) is 6.82. The zero-order chi connectivity index (χ0) is 18.8. The first-order chi connectivity index (χ1) is 13.1. The van der Waals surface area contributed by atoms with Crippen LogP contribution in [0, 0.1) is 18.3 Å². The number of aromatic amines is 1. The number of hydrogen-bond donors (Lipinski definition) is 2. The number of hydrogen-bond acceptors (Lipinski definition) is 5. The largest absolute Gasteiger partial charge is 0.333 e. The molecule has 2 aromatic heterocycles. The van der Waals surface area contributed by atoms with Crippen LogP contribution >= 0.6 is 23.1 Å². The first-order valence-corrected chi connectivity index (χ1v) is 10.9. The van der Waals surface area contributed by atoms with Gasteiger partial charge in [0.2, 0.25) is 5.91 Å². The van der Waals surface area contributed by atoms with Crippen molar-refractivity contribution in [3.05, 3.63) is 39.8 Å². The number of fused-ring (bicyclic) bond motifs is 2. The molecule has 138 valence electrons. The standard InChI is InChI=1S/C20H20N4OS2/c1-12-7-8-15-16(9-12)23-20(22-15)26-11-18(25)24-19-14(10-21)13-5-3-2-4-6-17(13)27-19/h7-9H,2-6,11H2,1H3,(H,22,23)(H,24,25). The number of carbonyl (C=O) groups is 1. The van der Waals surface area contributed by atoms with Crippen LogP contribution in [-0.2, 0) is 17.6 Å². The Balaban J connectivity index is 1.44. The van der Waals surface area contributed by atoms with Gasteiger partial charge >= 0.3 is 0 Å². The van der Waals surface area contributed by atoms with Crippen molar-refractivity contribution in [2.45, 2.75) is 44.2 Å². The number of nitrogens with one attached hydrogen (secondary N) is 2. The highest BCUT2D eigenvalue weighted by molar-refractivity contribution is 7.99. The van der Waals surface area contributed by atoms with Crippen molar-refractivity contribution in [2.24, 2.45) is 0 Å². The molecule has 2 heterocycles. The van der Waals surface area contributed by atoms with Crippen LogP contribution in [0.15, 0.2) is 23.4 Å². The summed E-state index contributed by atoms with van der Waals surface area (Å²) >= 11 is 2.94. The molecule has 7 heteroatoms. The Morgan fingerprint density at radius 3 is 3.07 bits per heavy atom. The van der Waals surface area contributed by atoms with Crippen LogP contribution in [0.2, 0.25) is 0 Å². The molecule has 0 saturated heterocycles. The van der Waals surface area contributed by atoms with Crippen LogP contribution in [0.3, 0.4) is 0 Å². The van der Waals surface area contributed by atoms with Gasteiger partial charge in [-0.3, -0.25) is 4.79 Å². The Kier molecular flexibility index (Phi) is 5.19. The van der Waals surface area contributed by atoms with Crippen LogP contribution < -0.4 is 5.32 Å². The quantitative estimate of drug-likeness (QED) is 0.490. The average Bonchev–Trinajstić information content (AvgIpc) is 3.11. The topological polar surface area (TPSA) is 81.6 Å². The van der Waals surface area contributed by atoms with E-state index in [1.165, 1.54) is 28.6 Å². The van der Waals surface area contributed by atoms with Crippen LogP contribution in [0.5, 0.6) is 0 Å². The van der Waals surface area contributed by atoms with Crippen molar-refractivity contribution in [1.29, 1.82) is 5.26 Å². The lowest BCUT2D eigenvalue weighted by Gasteiger charge is -2.03. The minimum absolute atomic E-state index is 0.107. The summed E-state index contributed by atoms with van der Waals surface area (Å²) in [5, 5.41) is 13.9. The highest BCUT2D eigenvalue weighted by Crippen LogP contribution is 2.37. The molecule has 5 nitrogen and oxygen atoms in total. The van der Waals surface area contributed by atoms with Gasteiger partial charge in [-0.25, -0.2) is 4.98 Å². The summed E-state index contributed by atoms with van der Waals surface area (Å²) in [7, 11) is 0.